The molecule has 130 valence electrons. The Balaban J connectivity index is 2.99. The van der Waals surface area contributed by atoms with Gasteiger partial charge in [0.1, 0.15) is 0 Å². The zero-order chi connectivity index (χ0) is 17.0. The molecule has 0 bridgehead atoms. The normalized spacial score (nSPS) is 22.3. The average Bonchev–Trinajstić information content (AvgIpc) is 2.84. The van der Waals surface area contributed by atoms with Gasteiger partial charge in [-0.05, 0) is 29.8 Å². The summed E-state index contributed by atoms with van der Waals surface area (Å²) in [6, 6.07) is 0.475. The van der Waals surface area contributed by atoms with Gasteiger partial charge in [0.05, 0.1) is 20.7 Å². The summed E-state index contributed by atoms with van der Waals surface area (Å²) in [5, 5.41) is 7.87. The minimum atomic E-state index is -1.41. The van der Waals surface area contributed by atoms with Crippen LogP contribution in [0.2, 0.25) is 23.7 Å². The van der Waals surface area contributed by atoms with Gasteiger partial charge >= 0.3 is 0 Å². The predicted octanol–water partition coefficient (Wildman–Crippen LogP) is 5.15. The highest BCUT2D eigenvalue weighted by atomic mass is 28.3. The molecule has 0 unspecified atom stereocenters. The van der Waals surface area contributed by atoms with E-state index in [1.54, 1.807) is 7.11 Å². The van der Waals surface area contributed by atoms with E-state index in [1.165, 1.54) is 25.0 Å². The van der Waals surface area contributed by atoms with Crippen molar-refractivity contribution in [1.29, 1.82) is 0 Å². The highest BCUT2D eigenvalue weighted by Gasteiger charge is 2.42. The molecule has 1 saturated heterocycles. The molecule has 1 rings (SSSR count). The number of hydrazone groups is 1. The van der Waals surface area contributed by atoms with Crippen molar-refractivity contribution in [3.05, 3.63) is 0 Å². The number of methoxy groups -OCH3 is 1. The topological polar surface area (TPSA) is 24.8 Å². The van der Waals surface area contributed by atoms with Gasteiger partial charge in [0, 0.05) is 19.4 Å². The Hall–Kier alpha value is -0.353. The third kappa shape index (κ3) is 4.57. The number of nitrogens with zero attached hydrogens (tertiary/aromatic N) is 2. The fourth-order valence-corrected chi connectivity index (χ4v) is 5.49. The zero-order valence-electron chi connectivity index (χ0n) is 16.2. The molecule has 3 nitrogen and oxygen atoms in total. The number of rotatable bonds is 7. The van der Waals surface area contributed by atoms with Crippen LogP contribution in [0.5, 0.6) is 0 Å². The quantitative estimate of drug-likeness (QED) is 0.477. The third-order valence-electron chi connectivity index (χ3n) is 5.98. The second-order valence-electron chi connectivity index (χ2n) is 8.45. The van der Waals surface area contributed by atoms with E-state index in [-0.39, 0.29) is 0 Å². The van der Waals surface area contributed by atoms with Gasteiger partial charge in [-0.25, -0.2) is 0 Å². The van der Waals surface area contributed by atoms with Gasteiger partial charge < -0.3 is 4.74 Å². The van der Waals surface area contributed by atoms with Crippen LogP contribution in [0.1, 0.15) is 60.3 Å². The first-order valence-electron chi connectivity index (χ1n) is 8.98. The second-order valence-corrected chi connectivity index (χ2v) is 14.3. The van der Waals surface area contributed by atoms with Crippen molar-refractivity contribution in [2.24, 2.45) is 5.10 Å². The lowest BCUT2D eigenvalue weighted by atomic mass is 10.2. The molecule has 2 atom stereocenters. The van der Waals surface area contributed by atoms with Crippen LogP contribution in [0.4, 0.5) is 0 Å². The molecular formula is C18H38N2OSi. The zero-order valence-corrected chi connectivity index (χ0v) is 17.2. The standard InChI is InChI=1S/C18H38N2OSi/c1-9-11-17(15(2)22(7,8)18(3,4)5)19-20-13-10-12-16(20)14-21-6/h15-16H,9-14H2,1-8H3/t15-,16-/m0/s1. The van der Waals surface area contributed by atoms with Crippen LogP contribution < -0.4 is 0 Å². The molecule has 0 saturated carbocycles. The highest BCUT2D eigenvalue weighted by Crippen LogP contribution is 2.44. The maximum atomic E-state index is 5.38. The van der Waals surface area contributed by atoms with Crippen molar-refractivity contribution in [1.82, 2.24) is 5.01 Å². The number of hydrogen-bond acceptors (Lipinski definition) is 3. The summed E-state index contributed by atoms with van der Waals surface area (Å²) in [6.45, 7) is 18.9. The summed E-state index contributed by atoms with van der Waals surface area (Å²) in [4.78, 5) is 0. The Kier molecular flexibility index (Phi) is 7.12. The SMILES string of the molecule is CCCC(=NN1CCC[C@H]1COC)[C@H](C)[Si](C)(C)C(C)(C)C. The molecule has 0 aromatic carbocycles. The lowest BCUT2D eigenvalue weighted by Gasteiger charge is -2.42. The molecule has 0 aromatic heterocycles. The van der Waals surface area contributed by atoms with Crippen LogP contribution in [0.15, 0.2) is 5.10 Å². The summed E-state index contributed by atoms with van der Waals surface area (Å²) in [7, 11) is 0.387. The first kappa shape index (κ1) is 19.7. The third-order valence-corrected chi connectivity index (χ3v) is 12.3. The molecule has 0 aliphatic carbocycles. The van der Waals surface area contributed by atoms with Gasteiger partial charge in [0.2, 0.25) is 0 Å². The molecule has 0 aromatic rings. The maximum Gasteiger partial charge on any atom is 0.0704 e. The first-order chi connectivity index (χ1) is 10.1. The summed E-state index contributed by atoms with van der Waals surface area (Å²) < 4.78 is 5.38. The van der Waals surface area contributed by atoms with Crippen molar-refractivity contribution < 1.29 is 4.74 Å². The van der Waals surface area contributed by atoms with E-state index in [9.17, 15) is 0 Å². The monoisotopic (exact) mass is 326 g/mol. The minimum Gasteiger partial charge on any atom is -0.382 e. The summed E-state index contributed by atoms with van der Waals surface area (Å²) in [6.07, 6.45) is 4.76. The van der Waals surface area contributed by atoms with Gasteiger partial charge in [0.25, 0.3) is 0 Å². The summed E-state index contributed by atoms with van der Waals surface area (Å²) >= 11 is 0. The molecular weight excluding hydrogens is 288 g/mol. The van der Waals surface area contributed by atoms with Crippen LogP contribution in [0, 0.1) is 0 Å². The average molecular weight is 327 g/mol. The Bertz CT molecular complexity index is 374. The Morgan fingerprint density at radius 3 is 2.50 bits per heavy atom. The fraction of sp³-hybridized carbons (Fsp3) is 0.944. The van der Waals surface area contributed by atoms with Crippen molar-refractivity contribution in [3.8, 4) is 0 Å². The van der Waals surface area contributed by atoms with E-state index in [0.29, 0.717) is 16.6 Å². The first-order valence-corrected chi connectivity index (χ1v) is 12.1. The van der Waals surface area contributed by atoms with E-state index >= 15 is 0 Å². The molecule has 0 spiro atoms. The van der Waals surface area contributed by atoms with Gasteiger partial charge in [-0.3, -0.25) is 5.01 Å². The summed E-state index contributed by atoms with van der Waals surface area (Å²) in [5.74, 6) is 0. The van der Waals surface area contributed by atoms with E-state index in [4.69, 9.17) is 9.84 Å². The maximum absolute atomic E-state index is 5.38. The minimum absolute atomic E-state index is 0.401. The van der Waals surface area contributed by atoms with Gasteiger partial charge in [0.15, 0.2) is 0 Å². The van der Waals surface area contributed by atoms with Crippen LogP contribution in [0.25, 0.3) is 0 Å². The van der Waals surface area contributed by atoms with Gasteiger partial charge in [-0.15, -0.1) is 0 Å². The fourth-order valence-electron chi connectivity index (χ4n) is 3.15. The molecule has 4 heteroatoms. The molecule has 1 aliphatic heterocycles. The second kappa shape index (κ2) is 7.96. The Labute approximate surface area is 139 Å². The predicted molar refractivity (Wildman–Crippen MR) is 101 cm³/mol. The van der Waals surface area contributed by atoms with Crippen LogP contribution in [-0.4, -0.2) is 45.1 Å². The largest absolute Gasteiger partial charge is 0.382 e. The smallest absolute Gasteiger partial charge is 0.0704 e. The lowest BCUT2D eigenvalue weighted by Crippen LogP contribution is -2.44. The Morgan fingerprint density at radius 1 is 1.36 bits per heavy atom. The van der Waals surface area contributed by atoms with Crippen LogP contribution >= 0.6 is 0 Å². The molecule has 1 heterocycles. The van der Waals surface area contributed by atoms with Gasteiger partial charge in [-0.2, -0.15) is 5.10 Å². The lowest BCUT2D eigenvalue weighted by molar-refractivity contribution is 0.117. The molecule has 0 N–H and O–H groups in total. The number of hydrogen-bond donors (Lipinski definition) is 0. The van der Waals surface area contributed by atoms with Crippen LogP contribution in [0.3, 0.4) is 0 Å². The highest BCUT2D eigenvalue weighted by molar-refractivity contribution is 6.84. The van der Waals surface area contributed by atoms with Crippen molar-refractivity contribution in [3.63, 3.8) is 0 Å². The molecule has 22 heavy (non-hydrogen) atoms. The Morgan fingerprint density at radius 2 is 2.00 bits per heavy atom. The molecule has 0 amide bonds. The molecule has 1 fully saturated rings. The van der Waals surface area contributed by atoms with E-state index in [1.807, 2.05) is 0 Å². The summed E-state index contributed by atoms with van der Waals surface area (Å²) in [5.41, 5.74) is 2.05. The van der Waals surface area contributed by atoms with E-state index in [0.717, 1.165) is 19.6 Å². The number of ether oxygens (including phenoxy) is 1. The molecule has 0 radical (unpaired) electrons. The van der Waals surface area contributed by atoms with Crippen molar-refractivity contribution in [2.75, 3.05) is 20.3 Å². The van der Waals surface area contributed by atoms with Crippen molar-refractivity contribution >= 4 is 13.8 Å². The van der Waals surface area contributed by atoms with E-state index < -0.39 is 8.07 Å². The van der Waals surface area contributed by atoms with E-state index in [2.05, 4.69) is 52.7 Å². The van der Waals surface area contributed by atoms with Crippen LogP contribution in [-0.2, 0) is 4.74 Å². The molecule has 1 aliphatic rings. The van der Waals surface area contributed by atoms with Crippen molar-refractivity contribution in [2.45, 2.75) is 90.0 Å². The van der Waals surface area contributed by atoms with Gasteiger partial charge in [-0.1, -0.05) is 54.1 Å².